The Hall–Kier alpha value is -1.06. The van der Waals surface area contributed by atoms with Crippen molar-refractivity contribution < 1.29 is 4.74 Å². The predicted octanol–water partition coefficient (Wildman–Crippen LogP) is 1.43. The first-order valence-corrected chi connectivity index (χ1v) is 4.74. The highest BCUT2D eigenvalue weighted by molar-refractivity contribution is 5.33. The maximum absolute atomic E-state index is 5.67. The maximum atomic E-state index is 5.67. The standard InChI is InChI=1S/C11H18N2O/c1-9(13(2)12)8-10-6-4-5-7-11(10)14-3/h4-7,9H,8,12H2,1-3H3. The van der Waals surface area contributed by atoms with Gasteiger partial charge in [-0.3, -0.25) is 5.84 Å². The van der Waals surface area contributed by atoms with Gasteiger partial charge in [-0.05, 0) is 25.0 Å². The molecule has 78 valence electrons. The highest BCUT2D eigenvalue weighted by atomic mass is 16.5. The molecular formula is C11H18N2O. The van der Waals surface area contributed by atoms with E-state index in [1.807, 2.05) is 25.2 Å². The van der Waals surface area contributed by atoms with Crippen molar-refractivity contribution in [1.29, 1.82) is 0 Å². The number of benzene rings is 1. The van der Waals surface area contributed by atoms with E-state index < -0.39 is 0 Å². The lowest BCUT2D eigenvalue weighted by Crippen LogP contribution is -2.36. The SMILES string of the molecule is COc1ccccc1CC(C)N(C)N. The van der Waals surface area contributed by atoms with Crippen molar-refractivity contribution in [2.45, 2.75) is 19.4 Å². The van der Waals surface area contributed by atoms with Crippen molar-refractivity contribution in [2.24, 2.45) is 5.84 Å². The molecule has 0 radical (unpaired) electrons. The Morgan fingerprint density at radius 1 is 1.43 bits per heavy atom. The van der Waals surface area contributed by atoms with Gasteiger partial charge in [0.05, 0.1) is 7.11 Å². The van der Waals surface area contributed by atoms with Gasteiger partial charge in [0, 0.05) is 13.1 Å². The molecule has 3 nitrogen and oxygen atoms in total. The lowest BCUT2D eigenvalue weighted by atomic mass is 10.1. The molecule has 0 fully saturated rings. The zero-order valence-corrected chi connectivity index (χ0v) is 9.03. The largest absolute Gasteiger partial charge is 0.496 e. The second-order valence-electron chi connectivity index (χ2n) is 3.53. The van der Waals surface area contributed by atoms with Gasteiger partial charge >= 0.3 is 0 Å². The summed E-state index contributed by atoms with van der Waals surface area (Å²) in [7, 11) is 3.57. The van der Waals surface area contributed by atoms with Crippen LogP contribution in [0.3, 0.4) is 0 Å². The molecule has 0 aliphatic heterocycles. The van der Waals surface area contributed by atoms with Crippen LogP contribution in [0.5, 0.6) is 5.75 Å². The van der Waals surface area contributed by atoms with E-state index in [1.165, 1.54) is 5.56 Å². The van der Waals surface area contributed by atoms with Crippen molar-refractivity contribution >= 4 is 0 Å². The fourth-order valence-corrected chi connectivity index (χ4v) is 1.33. The van der Waals surface area contributed by atoms with Crippen LogP contribution >= 0.6 is 0 Å². The monoisotopic (exact) mass is 194 g/mol. The zero-order chi connectivity index (χ0) is 10.6. The third kappa shape index (κ3) is 2.72. The highest BCUT2D eigenvalue weighted by Crippen LogP contribution is 2.19. The Balaban J connectivity index is 2.75. The number of hydrazine groups is 1. The van der Waals surface area contributed by atoms with E-state index in [-0.39, 0.29) is 0 Å². The van der Waals surface area contributed by atoms with Gasteiger partial charge in [0.1, 0.15) is 5.75 Å². The number of para-hydroxylation sites is 1. The Kier molecular flexibility index (Phi) is 3.92. The number of nitrogens with zero attached hydrogens (tertiary/aromatic N) is 1. The minimum atomic E-state index is 0.311. The molecule has 0 aromatic heterocycles. The smallest absolute Gasteiger partial charge is 0.122 e. The summed E-state index contributed by atoms with van der Waals surface area (Å²) in [6.45, 7) is 2.09. The summed E-state index contributed by atoms with van der Waals surface area (Å²) in [6.07, 6.45) is 0.900. The van der Waals surface area contributed by atoms with Crippen LogP contribution in [0.4, 0.5) is 0 Å². The Bertz CT molecular complexity index is 286. The van der Waals surface area contributed by atoms with Gasteiger partial charge < -0.3 is 4.74 Å². The molecule has 1 unspecified atom stereocenters. The minimum Gasteiger partial charge on any atom is -0.496 e. The lowest BCUT2D eigenvalue weighted by molar-refractivity contribution is 0.262. The zero-order valence-electron chi connectivity index (χ0n) is 9.03. The second-order valence-corrected chi connectivity index (χ2v) is 3.53. The quantitative estimate of drug-likeness (QED) is 0.582. The Morgan fingerprint density at radius 3 is 2.64 bits per heavy atom. The fraction of sp³-hybridized carbons (Fsp3) is 0.455. The molecule has 1 rings (SSSR count). The number of methoxy groups -OCH3 is 1. The Labute approximate surface area is 85.4 Å². The van der Waals surface area contributed by atoms with Crippen LogP contribution in [0.15, 0.2) is 24.3 Å². The third-order valence-electron chi connectivity index (χ3n) is 2.40. The number of nitrogens with two attached hydrogens (primary N) is 1. The topological polar surface area (TPSA) is 38.5 Å². The number of rotatable bonds is 4. The summed E-state index contributed by atoms with van der Waals surface area (Å²) in [5, 5.41) is 1.71. The summed E-state index contributed by atoms with van der Waals surface area (Å²) in [5.74, 6) is 6.60. The molecule has 0 saturated heterocycles. The number of likely N-dealkylation sites (N-methyl/N-ethyl adjacent to an activating group) is 1. The summed E-state index contributed by atoms with van der Waals surface area (Å²) in [6, 6.07) is 8.34. The van der Waals surface area contributed by atoms with Crippen LogP contribution in [0.2, 0.25) is 0 Å². The lowest BCUT2D eigenvalue weighted by Gasteiger charge is -2.20. The van der Waals surface area contributed by atoms with Crippen LogP contribution in [0.25, 0.3) is 0 Å². The molecule has 1 atom stereocenters. The molecule has 14 heavy (non-hydrogen) atoms. The summed E-state index contributed by atoms with van der Waals surface area (Å²) in [4.78, 5) is 0. The summed E-state index contributed by atoms with van der Waals surface area (Å²) in [5.41, 5.74) is 1.19. The van der Waals surface area contributed by atoms with Gasteiger partial charge in [-0.15, -0.1) is 0 Å². The van der Waals surface area contributed by atoms with E-state index in [1.54, 1.807) is 12.1 Å². The first-order valence-electron chi connectivity index (χ1n) is 4.74. The Morgan fingerprint density at radius 2 is 2.07 bits per heavy atom. The van der Waals surface area contributed by atoms with Gasteiger partial charge in [0.2, 0.25) is 0 Å². The number of ether oxygens (including phenoxy) is 1. The van der Waals surface area contributed by atoms with Crippen molar-refractivity contribution in [3.05, 3.63) is 29.8 Å². The van der Waals surface area contributed by atoms with E-state index in [0.29, 0.717) is 6.04 Å². The van der Waals surface area contributed by atoms with Gasteiger partial charge in [0.15, 0.2) is 0 Å². The molecule has 0 spiro atoms. The molecule has 0 bridgehead atoms. The van der Waals surface area contributed by atoms with Gasteiger partial charge in [-0.1, -0.05) is 18.2 Å². The number of hydrogen-bond donors (Lipinski definition) is 1. The van der Waals surface area contributed by atoms with E-state index in [9.17, 15) is 0 Å². The summed E-state index contributed by atoms with van der Waals surface area (Å²) >= 11 is 0. The number of hydrogen-bond acceptors (Lipinski definition) is 3. The van der Waals surface area contributed by atoms with Gasteiger partial charge in [-0.25, -0.2) is 5.01 Å². The molecular weight excluding hydrogens is 176 g/mol. The van der Waals surface area contributed by atoms with E-state index in [2.05, 4.69) is 13.0 Å². The molecule has 0 heterocycles. The van der Waals surface area contributed by atoms with Gasteiger partial charge in [0.25, 0.3) is 0 Å². The van der Waals surface area contributed by atoms with E-state index in [4.69, 9.17) is 10.6 Å². The molecule has 1 aromatic rings. The van der Waals surface area contributed by atoms with Crippen LogP contribution < -0.4 is 10.6 Å². The predicted molar refractivity (Wildman–Crippen MR) is 58.1 cm³/mol. The summed E-state index contributed by atoms with van der Waals surface area (Å²) < 4.78 is 5.27. The minimum absolute atomic E-state index is 0.311. The van der Waals surface area contributed by atoms with Crippen LogP contribution in [-0.2, 0) is 6.42 Å². The average molecular weight is 194 g/mol. The normalized spacial score (nSPS) is 12.9. The second kappa shape index (κ2) is 4.98. The van der Waals surface area contributed by atoms with E-state index in [0.717, 1.165) is 12.2 Å². The highest BCUT2D eigenvalue weighted by Gasteiger charge is 2.09. The third-order valence-corrected chi connectivity index (χ3v) is 2.40. The van der Waals surface area contributed by atoms with Crippen molar-refractivity contribution in [3.63, 3.8) is 0 Å². The fourth-order valence-electron chi connectivity index (χ4n) is 1.33. The van der Waals surface area contributed by atoms with E-state index >= 15 is 0 Å². The molecule has 0 saturated carbocycles. The van der Waals surface area contributed by atoms with Crippen molar-refractivity contribution in [3.8, 4) is 5.75 Å². The van der Waals surface area contributed by atoms with Gasteiger partial charge in [-0.2, -0.15) is 0 Å². The van der Waals surface area contributed by atoms with Crippen LogP contribution in [0.1, 0.15) is 12.5 Å². The molecule has 0 aliphatic carbocycles. The molecule has 0 amide bonds. The van der Waals surface area contributed by atoms with Crippen molar-refractivity contribution in [1.82, 2.24) is 5.01 Å². The molecule has 0 aliphatic rings. The maximum Gasteiger partial charge on any atom is 0.122 e. The van der Waals surface area contributed by atoms with Crippen LogP contribution in [0, 0.1) is 0 Å². The molecule has 3 heteroatoms. The first kappa shape index (κ1) is 11.0. The van der Waals surface area contributed by atoms with Crippen LogP contribution in [-0.4, -0.2) is 25.2 Å². The molecule has 1 aromatic carbocycles. The molecule has 2 N–H and O–H groups in total. The average Bonchev–Trinajstić information content (AvgIpc) is 2.18. The van der Waals surface area contributed by atoms with Crippen molar-refractivity contribution in [2.75, 3.05) is 14.2 Å². The first-order chi connectivity index (χ1) is 6.65.